The van der Waals surface area contributed by atoms with E-state index in [4.69, 9.17) is 0 Å². The van der Waals surface area contributed by atoms with E-state index in [-0.39, 0.29) is 0 Å². The molecule has 0 radical (unpaired) electrons. The van der Waals surface area contributed by atoms with Crippen molar-refractivity contribution < 1.29 is 0 Å². The molecule has 0 N–H and O–H groups in total. The Morgan fingerprint density at radius 3 is 2.56 bits per heavy atom. The van der Waals surface area contributed by atoms with Crippen molar-refractivity contribution >= 4 is 11.6 Å². The summed E-state index contributed by atoms with van der Waals surface area (Å²) in [5, 5.41) is 3.04. The molecule has 1 fully saturated rings. The van der Waals surface area contributed by atoms with E-state index in [9.17, 15) is 0 Å². The summed E-state index contributed by atoms with van der Waals surface area (Å²) >= 11 is 0. The standard InChI is InChI=1S/C25H28/c1-17-7-12-22-21(15-17)11-14-24-23(22)13-10-19-8-9-20(16-25(19)24)18-5-3-2-4-6-18/h7-10,15-16,18H,2-6,11-14H2,1H3. The van der Waals surface area contributed by atoms with Crippen LogP contribution in [0.3, 0.4) is 0 Å². The summed E-state index contributed by atoms with van der Waals surface area (Å²) in [4.78, 5) is 0. The first kappa shape index (κ1) is 15.4. The molecule has 0 amide bonds. The second-order valence-corrected chi connectivity index (χ2v) is 8.35. The van der Waals surface area contributed by atoms with Crippen molar-refractivity contribution in [2.24, 2.45) is 0 Å². The summed E-state index contributed by atoms with van der Waals surface area (Å²) in [7, 11) is 0. The molecular weight excluding hydrogens is 300 g/mol. The lowest BCUT2D eigenvalue weighted by Gasteiger charge is -2.29. The van der Waals surface area contributed by atoms with Gasteiger partial charge in [0.25, 0.3) is 0 Å². The summed E-state index contributed by atoms with van der Waals surface area (Å²) in [5.41, 5.74) is 9.61. The molecule has 0 spiro atoms. The van der Waals surface area contributed by atoms with Crippen LogP contribution in [0.15, 0.2) is 52.6 Å². The number of rotatable bonds is 1. The quantitative estimate of drug-likeness (QED) is 0.644. The smallest absolute Gasteiger partial charge is 0.00823 e. The Balaban J connectivity index is 1.64. The van der Waals surface area contributed by atoms with E-state index in [1.807, 2.05) is 0 Å². The van der Waals surface area contributed by atoms with Crippen molar-refractivity contribution in [1.82, 2.24) is 0 Å². The topological polar surface area (TPSA) is 0 Å². The Hall–Kier alpha value is -1.82. The van der Waals surface area contributed by atoms with E-state index in [1.165, 1.54) is 55.7 Å². The number of hydrogen-bond acceptors (Lipinski definition) is 0. The third kappa shape index (κ3) is 2.67. The number of benzene rings is 1. The summed E-state index contributed by atoms with van der Waals surface area (Å²) in [6.45, 7) is 2.24. The number of allylic oxidation sites excluding steroid dienone is 6. The van der Waals surface area contributed by atoms with Crippen LogP contribution in [0.4, 0.5) is 0 Å². The zero-order valence-corrected chi connectivity index (χ0v) is 15.4. The second-order valence-electron chi connectivity index (χ2n) is 8.35. The minimum atomic E-state index is 0.803. The van der Waals surface area contributed by atoms with Gasteiger partial charge >= 0.3 is 0 Å². The molecule has 0 bridgehead atoms. The highest BCUT2D eigenvalue weighted by molar-refractivity contribution is 5.75. The molecule has 0 aromatic heterocycles. The summed E-state index contributed by atoms with van der Waals surface area (Å²) in [5.74, 6) is 0.803. The Bertz CT molecular complexity index is 927. The lowest BCUT2D eigenvalue weighted by atomic mass is 9.75. The predicted molar refractivity (Wildman–Crippen MR) is 107 cm³/mol. The molecule has 4 aliphatic carbocycles. The van der Waals surface area contributed by atoms with Gasteiger partial charge in [0.05, 0.1) is 0 Å². The minimum absolute atomic E-state index is 0.803. The Morgan fingerprint density at radius 2 is 1.68 bits per heavy atom. The van der Waals surface area contributed by atoms with Gasteiger partial charge in [0.2, 0.25) is 0 Å². The van der Waals surface area contributed by atoms with Gasteiger partial charge in [-0.05, 0) is 89.7 Å². The van der Waals surface area contributed by atoms with Gasteiger partial charge in [0.1, 0.15) is 0 Å². The third-order valence-corrected chi connectivity index (χ3v) is 6.80. The maximum Gasteiger partial charge on any atom is -0.00823 e. The Morgan fingerprint density at radius 1 is 0.840 bits per heavy atom. The molecule has 1 aromatic carbocycles. The molecule has 128 valence electrons. The molecule has 0 nitrogen and oxygen atoms in total. The van der Waals surface area contributed by atoms with Crippen molar-refractivity contribution in [2.75, 3.05) is 0 Å². The molecule has 0 aliphatic heterocycles. The van der Waals surface area contributed by atoms with Gasteiger partial charge in [-0.2, -0.15) is 0 Å². The maximum atomic E-state index is 2.56. The summed E-state index contributed by atoms with van der Waals surface area (Å²) < 4.78 is 0. The van der Waals surface area contributed by atoms with Gasteiger partial charge in [-0.1, -0.05) is 61.3 Å². The first-order valence-corrected chi connectivity index (χ1v) is 10.2. The molecule has 1 saturated carbocycles. The average molecular weight is 328 g/mol. The van der Waals surface area contributed by atoms with Crippen molar-refractivity contribution in [2.45, 2.75) is 70.6 Å². The monoisotopic (exact) mass is 328 g/mol. The molecule has 4 aliphatic rings. The number of hydrogen-bond donors (Lipinski definition) is 0. The Kier molecular flexibility index (Phi) is 3.81. The first-order chi connectivity index (χ1) is 12.3. The normalized spacial score (nSPS) is 23.2. The van der Waals surface area contributed by atoms with E-state index >= 15 is 0 Å². The zero-order valence-electron chi connectivity index (χ0n) is 15.4. The average Bonchev–Trinajstić information content (AvgIpc) is 2.67. The van der Waals surface area contributed by atoms with Crippen LogP contribution in [-0.4, -0.2) is 0 Å². The third-order valence-electron chi connectivity index (χ3n) is 6.80. The fourth-order valence-corrected chi connectivity index (χ4v) is 5.41. The van der Waals surface area contributed by atoms with E-state index in [1.54, 1.807) is 33.1 Å². The van der Waals surface area contributed by atoms with Crippen LogP contribution in [0.1, 0.15) is 76.2 Å². The fourth-order valence-electron chi connectivity index (χ4n) is 5.41. The van der Waals surface area contributed by atoms with Crippen molar-refractivity contribution in [1.29, 1.82) is 0 Å². The van der Waals surface area contributed by atoms with E-state index in [0.717, 1.165) is 18.8 Å². The van der Waals surface area contributed by atoms with Gasteiger partial charge in [-0.15, -0.1) is 0 Å². The molecule has 5 rings (SSSR count). The first-order valence-electron chi connectivity index (χ1n) is 10.2. The van der Waals surface area contributed by atoms with Crippen LogP contribution in [0.25, 0.3) is 11.6 Å². The maximum absolute atomic E-state index is 2.56. The van der Waals surface area contributed by atoms with Crippen LogP contribution in [0.2, 0.25) is 0 Å². The van der Waals surface area contributed by atoms with Crippen molar-refractivity contribution in [3.05, 3.63) is 68.6 Å². The van der Waals surface area contributed by atoms with Crippen LogP contribution in [0, 0.1) is 0 Å². The second kappa shape index (κ2) is 6.16. The minimum Gasteiger partial charge on any atom is -0.0772 e. The van der Waals surface area contributed by atoms with Crippen LogP contribution in [0.5, 0.6) is 0 Å². The van der Waals surface area contributed by atoms with Gasteiger partial charge in [-0.25, -0.2) is 0 Å². The van der Waals surface area contributed by atoms with Crippen molar-refractivity contribution in [3.8, 4) is 0 Å². The Labute approximate surface area is 151 Å². The van der Waals surface area contributed by atoms with Gasteiger partial charge in [0, 0.05) is 0 Å². The van der Waals surface area contributed by atoms with Crippen LogP contribution in [-0.2, 0) is 0 Å². The van der Waals surface area contributed by atoms with Crippen LogP contribution >= 0.6 is 0 Å². The van der Waals surface area contributed by atoms with Gasteiger partial charge < -0.3 is 0 Å². The van der Waals surface area contributed by atoms with Gasteiger partial charge in [0.15, 0.2) is 0 Å². The molecule has 0 heteroatoms. The zero-order chi connectivity index (χ0) is 16.8. The number of fused-ring (bicyclic) bond motifs is 3. The van der Waals surface area contributed by atoms with Crippen LogP contribution < -0.4 is 10.4 Å². The molecule has 25 heavy (non-hydrogen) atoms. The van der Waals surface area contributed by atoms with E-state index in [0.29, 0.717) is 0 Å². The molecular formula is C25H28. The lowest BCUT2D eigenvalue weighted by Crippen LogP contribution is -2.32. The summed E-state index contributed by atoms with van der Waals surface area (Å²) in [6, 6.07) is 7.39. The molecule has 1 aromatic rings. The molecule has 0 saturated heterocycles. The largest absolute Gasteiger partial charge is 0.0772 e. The summed E-state index contributed by atoms with van der Waals surface area (Å²) in [6.07, 6.45) is 19.1. The van der Waals surface area contributed by atoms with E-state index in [2.05, 4.69) is 43.4 Å². The fraction of sp³-hybridized carbons (Fsp3) is 0.440. The molecule has 0 unspecified atom stereocenters. The van der Waals surface area contributed by atoms with Crippen molar-refractivity contribution in [3.63, 3.8) is 0 Å². The highest BCUT2D eigenvalue weighted by atomic mass is 14.3. The van der Waals surface area contributed by atoms with Gasteiger partial charge in [-0.3, -0.25) is 0 Å². The van der Waals surface area contributed by atoms with E-state index < -0.39 is 0 Å². The lowest BCUT2D eigenvalue weighted by molar-refractivity contribution is 0.443. The SMILES string of the molecule is CC1=CCC2=C3CC=c4ccc(C5CCCCC5)cc4=C3CCC2=C1. The highest BCUT2D eigenvalue weighted by Gasteiger charge is 2.24. The molecule has 0 heterocycles. The predicted octanol–water partition coefficient (Wildman–Crippen LogP) is 5.44. The highest BCUT2D eigenvalue weighted by Crippen LogP contribution is 2.41. The molecule has 0 atom stereocenters.